The number of rotatable bonds is 2. The van der Waals surface area contributed by atoms with Crippen molar-refractivity contribution in [1.29, 1.82) is 0 Å². The largest absolute Gasteiger partial charge is 0.450 e. The highest BCUT2D eigenvalue weighted by Gasteiger charge is 2.27. The molecule has 0 radical (unpaired) electrons. The molecule has 2 aromatic rings. The lowest BCUT2D eigenvalue weighted by Crippen LogP contribution is -2.31. The topological polar surface area (TPSA) is 38.3 Å². The van der Waals surface area contributed by atoms with Crippen LogP contribution in [-0.2, 0) is 4.74 Å². The molecule has 5 heteroatoms. The first-order valence-electron chi connectivity index (χ1n) is 6.68. The van der Waals surface area contributed by atoms with Crippen molar-refractivity contribution in [2.24, 2.45) is 0 Å². The molecule has 0 saturated heterocycles. The number of carbonyl (C=O) groups is 1. The van der Waals surface area contributed by atoms with E-state index in [4.69, 9.17) is 16.3 Å². The molecule has 0 fully saturated rings. The Balaban J connectivity index is 2.04. The molecule has 3 rings (SSSR count). The maximum atomic E-state index is 11.8. The predicted octanol–water partition coefficient (Wildman–Crippen LogP) is 4.64. The third-order valence-electron chi connectivity index (χ3n) is 3.27. The average Bonchev–Trinajstić information content (AvgIpc) is 2.48. The summed E-state index contributed by atoms with van der Waals surface area (Å²) in [5.74, 6) is 0. The van der Waals surface area contributed by atoms with Crippen LogP contribution in [0.25, 0.3) is 0 Å². The Bertz CT molecular complexity index is 690. The van der Waals surface area contributed by atoms with Gasteiger partial charge in [-0.2, -0.15) is 0 Å². The monoisotopic (exact) mass is 319 g/mol. The van der Waals surface area contributed by atoms with Crippen LogP contribution in [0, 0.1) is 0 Å². The molecular formula is C16H14ClNO2S. The maximum Gasteiger partial charge on any atom is 0.407 e. The van der Waals surface area contributed by atoms with E-state index in [-0.39, 0.29) is 6.04 Å². The number of hydrogen-bond acceptors (Lipinski definition) is 3. The molecule has 1 N–H and O–H groups in total. The van der Waals surface area contributed by atoms with Gasteiger partial charge in [0, 0.05) is 14.8 Å². The first kappa shape index (κ1) is 14.3. The minimum Gasteiger partial charge on any atom is -0.450 e. The second-order valence-corrected chi connectivity index (χ2v) is 6.14. The molecule has 3 nitrogen and oxygen atoms in total. The van der Waals surface area contributed by atoms with Gasteiger partial charge in [-0.15, -0.1) is 0 Å². The van der Waals surface area contributed by atoms with E-state index in [0.717, 1.165) is 20.9 Å². The number of alkyl carbamates (subject to hydrolysis) is 1. The van der Waals surface area contributed by atoms with Gasteiger partial charge in [-0.3, -0.25) is 0 Å². The Morgan fingerprint density at radius 1 is 1.24 bits per heavy atom. The van der Waals surface area contributed by atoms with E-state index in [1.807, 2.05) is 36.4 Å². The number of benzene rings is 2. The zero-order chi connectivity index (χ0) is 14.8. The van der Waals surface area contributed by atoms with Crippen LogP contribution in [-0.4, -0.2) is 12.7 Å². The fraction of sp³-hybridized carbons (Fsp3) is 0.188. The summed E-state index contributed by atoms with van der Waals surface area (Å²) in [7, 11) is 0. The molecular weight excluding hydrogens is 306 g/mol. The lowest BCUT2D eigenvalue weighted by Gasteiger charge is -2.28. The van der Waals surface area contributed by atoms with E-state index in [9.17, 15) is 4.79 Å². The van der Waals surface area contributed by atoms with Crippen molar-refractivity contribution in [2.45, 2.75) is 22.8 Å². The van der Waals surface area contributed by atoms with Gasteiger partial charge in [-0.05, 0) is 42.3 Å². The van der Waals surface area contributed by atoms with Gasteiger partial charge in [-0.1, -0.05) is 41.6 Å². The second kappa shape index (κ2) is 6.00. The van der Waals surface area contributed by atoms with Crippen molar-refractivity contribution in [3.05, 3.63) is 58.6 Å². The summed E-state index contributed by atoms with van der Waals surface area (Å²) >= 11 is 7.80. The Morgan fingerprint density at radius 2 is 2.00 bits per heavy atom. The number of halogens is 1. The standard InChI is InChI=1S/C16H14ClNO2S/c1-2-20-16(19)18-15-11-5-3-4-6-13(11)21-14-8-7-10(17)9-12(14)15/h3-9,15H,2H2,1H3,(H,18,19)/t15-/m0/s1. The number of nitrogens with one attached hydrogen (secondary N) is 1. The molecule has 1 aliphatic heterocycles. The van der Waals surface area contributed by atoms with Crippen molar-refractivity contribution >= 4 is 29.5 Å². The molecule has 108 valence electrons. The van der Waals surface area contributed by atoms with Crippen LogP contribution in [0.5, 0.6) is 0 Å². The molecule has 2 aromatic carbocycles. The van der Waals surface area contributed by atoms with E-state index in [0.29, 0.717) is 11.6 Å². The van der Waals surface area contributed by atoms with Gasteiger partial charge < -0.3 is 10.1 Å². The average molecular weight is 320 g/mol. The quantitative estimate of drug-likeness (QED) is 0.876. The number of ether oxygens (including phenoxy) is 1. The van der Waals surface area contributed by atoms with Crippen LogP contribution in [0.1, 0.15) is 24.1 Å². The molecule has 1 atom stereocenters. The van der Waals surface area contributed by atoms with Crippen molar-refractivity contribution in [2.75, 3.05) is 6.61 Å². The molecule has 1 aliphatic rings. The van der Waals surface area contributed by atoms with Gasteiger partial charge in [0.25, 0.3) is 0 Å². The van der Waals surface area contributed by atoms with Crippen molar-refractivity contribution < 1.29 is 9.53 Å². The third kappa shape index (κ3) is 2.87. The smallest absolute Gasteiger partial charge is 0.407 e. The van der Waals surface area contributed by atoms with Crippen LogP contribution in [0.2, 0.25) is 5.02 Å². The summed E-state index contributed by atoms with van der Waals surface area (Å²) in [4.78, 5) is 14.1. The number of fused-ring (bicyclic) bond motifs is 2. The maximum absolute atomic E-state index is 11.8. The van der Waals surface area contributed by atoms with Crippen LogP contribution in [0.4, 0.5) is 4.79 Å². The molecule has 21 heavy (non-hydrogen) atoms. The van der Waals surface area contributed by atoms with E-state index in [1.165, 1.54) is 0 Å². The zero-order valence-electron chi connectivity index (χ0n) is 11.4. The van der Waals surface area contributed by atoms with Gasteiger partial charge in [0.05, 0.1) is 12.6 Å². The van der Waals surface area contributed by atoms with Gasteiger partial charge in [0.2, 0.25) is 0 Å². The highest BCUT2D eigenvalue weighted by Crippen LogP contribution is 2.45. The lowest BCUT2D eigenvalue weighted by atomic mass is 9.98. The first-order chi connectivity index (χ1) is 10.2. The normalized spacial score (nSPS) is 15.8. The zero-order valence-corrected chi connectivity index (χ0v) is 13.0. The van der Waals surface area contributed by atoms with Gasteiger partial charge in [-0.25, -0.2) is 4.79 Å². The summed E-state index contributed by atoms with van der Waals surface area (Å²) in [6.07, 6.45) is -0.421. The fourth-order valence-corrected chi connectivity index (χ4v) is 3.68. The minimum atomic E-state index is -0.421. The summed E-state index contributed by atoms with van der Waals surface area (Å²) in [6.45, 7) is 2.13. The van der Waals surface area contributed by atoms with E-state index < -0.39 is 6.09 Å². The van der Waals surface area contributed by atoms with Gasteiger partial charge >= 0.3 is 6.09 Å². The summed E-state index contributed by atoms with van der Waals surface area (Å²) in [6, 6.07) is 13.5. The number of hydrogen-bond donors (Lipinski definition) is 1. The lowest BCUT2D eigenvalue weighted by molar-refractivity contribution is 0.149. The summed E-state index contributed by atoms with van der Waals surface area (Å²) in [5.41, 5.74) is 2.06. The number of carbonyl (C=O) groups excluding carboxylic acids is 1. The third-order valence-corrected chi connectivity index (χ3v) is 4.69. The molecule has 1 heterocycles. The van der Waals surface area contributed by atoms with Crippen LogP contribution >= 0.6 is 23.4 Å². The minimum absolute atomic E-state index is 0.241. The molecule has 0 bridgehead atoms. The Hall–Kier alpha value is -1.65. The van der Waals surface area contributed by atoms with Gasteiger partial charge in [0.15, 0.2) is 0 Å². The highest BCUT2D eigenvalue weighted by atomic mass is 35.5. The molecule has 0 aliphatic carbocycles. The SMILES string of the molecule is CCOC(=O)N[C@H]1c2ccccc2Sc2ccc(Cl)cc21. The van der Waals surface area contributed by atoms with Gasteiger partial charge in [0.1, 0.15) is 0 Å². The second-order valence-electron chi connectivity index (χ2n) is 4.62. The Morgan fingerprint density at radius 3 is 2.81 bits per heavy atom. The highest BCUT2D eigenvalue weighted by molar-refractivity contribution is 7.99. The first-order valence-corrected chi connectivity index (χ1v) is 7.88. The molecule has 0 unspecified atom stereocenters. The predicted molar refractivity (Wildman–Crippen MR) is 84.0 cm³/mol. The van der Waals surface area contributed by atoms with E-state index >= 15 is 0 Å². The Labute approximate surface area is 132 Å². The Kier molecular flexibility index (Phi) is 4.08. The molecule has 1 amide bonds. The van der Waals surface area contributed by atoms with Crippen molar-refractivity contribution in [3.8, 4) is 0 Å². The van der Waals surface area contributed by atoms with Crippen molar-refractivity contribution in [3.63, 3.8) is 0 Å². The molecule has 0 spiro atoms. The number of amides is 1. The fourth-order valence-electron chi connectivity index (χ4n) is 2.38. The summed E-state index contributed by atoms with van der Waals surface area (Å²) < 4.78 is 5.02. The van der Waals surface area contributed by atoms with Crippen LogP contribution < -0.4 is 5.32 Å². The van der Waals surface area contributed by atoms with E-state index in [1.54, 1.807) is 18.7 Å². The molecule has 0 aromatic heterocycles. The van der Waals surface area contributed by atoms with Crippen LogP contribution in [0.15, 0.2) is 52.3 Å². The molecule has 0 saturated carbocycles. The van der Waals surface area contributed by atoms with Crippen molar-refractivity contribution in [1.82, 2.24) is 5.32 Å². The van der Waals surface area contributed by atoms with Crippen LogP contribution in [0.3, 0.4) is 0 Å². The van der Waals surface area contributed by atoms with E-state index in [2.05, 4.69) is 11.4 Å². The summed E-state index contributed by atoms with van der Waals surface area (Å²) in [5, 5.41) is 3.58.